The zero-order valence-corrected chi connectivity index (χ0v) is 17.5. The van der Waals surface area contributed by atoms with Crippen LogP contribution in [0.2, 0.25) is 0 Å². The van der Waals surface area contributed by atoms with Gasteiger partial charge in [-0.3, -0.25) is 9.59 Å². The zero-order chi connectivity index (χ0) is 22.7. The summed E-state index contributed by atoms with van der Waals surface area (Å²) in [6.07, 6.45) is 6.40. The number of carbonyl (C=O) groups excluding carboxylic acids is 2. The Kier molecular flexibility index (Phi) is 6.22. The second-order valence-electron chi connectivity index (χ2n) is 8.04. The Balaban J connectivity index is 1.43. The molecule has 168 valence electrons. The fraction of sp³-hybridized carbons (Fsp3) is 0.364. The molecule has 3 aromatic rings. The number of likely N-dealkylation sites (tertiary alicyclic amines) is 1. The molecule has 6 N–H and O–H groups in total. The number of rotatable bonds is 8. The quantitative estimate of drug-likeness (QED) is 0.346. The highest BCUT2D eigenvalue weighted by molar-refractivity contribution is 5.92. The summed E-state index contributed by atoms with van der Waals surface area (Å²) in [7, 11) is 0. The highest BCUT2D eigenvalue weighted by atomic mass is 16.4. The van der Waals surface area contributed by atoms with Gasteiger partial charge in [0, 0.05) is 48.4 Å². The highest BCUT2D eigenvalue weighted by Gasteiger charge is 2.37. The van der Waals surface area contributed by atoms with Gasteiger partial charge in [-0.15, -0.1) is 0 Å². The smallest absolute Gasteiger partial charge is 0.326 e. The molecule has 32 heavy (non-hydrogen) atoms. The van der Waals surface area contributed by atoms with Crippen molar-refractivity contribution in [2.24, 2.45) is 5.73 Å². The number of amides is 2. The summed E-state index contributed by atoms with van der Waals surface area (Å²) in [6.45, 7) is 0.410. The van der Waals surface area contributed by atoms with E-state index >= 15 is 0 Å². The Bertz CT molecular complexity index is 1110. The van der Waals surface area contributed by atoms with Crippen molar-refractivity contribution in [2.45, 2.75) is 43.8 Å². The number of fused-ring (bicyclic) bond motifs is 1. The van der Waals surface area contributed by atoms with Crippen LogP contribution in [0.4, 0.5) is 0 Å². The van der Waals surface area contributed by atoms with Gasteiger partial charge in [0.15, 0.2) is 0 Å². The number of nitrogens with one attached hydrogen (secondary N) is 3. The molecule has 1 aliphatic rings. The van der Waals surface area contributed by atoms with Crippen LogP contribution in [0.5, 0.6) is 0 Å². The number of aromatic amines is 2. The van der Waals surface area contributed by atoms with E-state index in [0.29, 0.717) is 19.4 Å². The van der Waals surface area contributed by atoms with Crippen LogP contribution in [-0.4, -0.2) is 67.4 Å². The first-order valence-corrected chi connectivity index (χ1v) is 10.6. The number of aromatic nitrogens is 3. The van der Waals surface area contributed by atoms with Crippen LogP contribution in [0.1, 0.15) is 24.1 Å². The van der Waals surface area contributed by atoms with Gasteiger partial charge in [-0.2, -0.15) is 0 Å². The van der Waals surface area contributed by atoms with Gasteiger partial charge < -0.3 is 31.0 Å². The van der Waals surface area contributed by atoms with Crippen LogP contribution in [0.3, 0.4) is 0 Å². The summed E-state index contributed by atoms with van der Waals surface area (Å²) < 4.78 is 0. The molecule has 2 aromatic heterocycles. The summed E-state index contributed by atoms with van der Waals surface area (Å²) in [5.74, 6) is -1.94. The van der Waals surface area contributed by atoms with E-state index in [-0.39, 0.29) is 18.7 Å². The van der Waals surface area contributed by atoms with E-state index in [1.807, 2.05) is 24.3 Å². The first-order valence-electron chi connectivity index (χ1n) is 10.6. The minimum atomic E-state index is -1.13. The molecule has 4 rings (SSSR count). The Labute approximate surface area is 184 Å². The fourth-order valence-corrected chi connectivity index (χ4v) is 4.23. The number of para-hydroxylation sites is 1. The van der Waals surface area contributed by atoms with Gasteiger partial charge in [0.1, 0.15) is 12.1 Å². The average molecular weight is 438 g/mol. The molecule has 0 spiro atoms. The minimum absolute atomic E-state index is 0.130. The minimum Gasteiger partial charge on any atom is -0.480 e. The van der Waals surface area contributed by atoms with Crippen LogP contribution in [0.25, 0.3) is 10.9 Å². The van der Waals surface area contributed by atoms with Crippen molar-refractivity contribution in [3.05, 3.63) is 54.2 Å². The Morgan fingerprint density at radius 3 is 2.81 bits per heavy atom. The standard InChI is InChI=1S/C22H26N6O4/c23-16(9-14-11-24-12-26-14)21(30)28-7-3-6-19(28)20(29)27-18(22(31)32)8-13-10-25-17-5-2-1-4-15(13)17/h1-2,4-5,10-12,16,18-19,25H,3,6-9,23H2,(H,24,26)(H,27,29)(H,31,32). The van der Waals surface area contributed by atoms with Crippen molar-refractivity contribution in [1.82, 2.24) is 25.2 Å². The van der Waals surface area contributed by atoms with Crippen LogP contribution in [0.15, 0.2) is 43.0 Å². The predicted molar refractivity (Wildman–Crippen MR) is 117 cm³/mol. The maximum atomic E-state index is 13.0. The van der Waals surface area contributed by atoms with Crippen molar-refractivity contribution in [2.75, 3.05) is 6.54 Å². The second-order valence-corrected chi connectivity index (χ2v) is 8.04. The summed E-state index contributed by atoms with van der Waals surface area (Å²) >= 11 is 0. The molecule has 10 nitrogen and oxygen atoms in total. The van der Waals surface area contributed by atoms with Crippen LogP contribution < -0.4 is 11.1 Å². The predicted octanol–water partition coefficient (Wildman–Crippen LogP) is 0.564. The molecule has 1 saturated heterocycles. The van der Waals surface area contributed by atoms with E-state index in [2.05, 4.69) is 20.3 Å². The SMILES string of the molecule is NC(Cc1cnc[nH]1)C(=O)N1CCCC1C(=O)NC(Cc1c[nH]c2ccccc12)C(=O)O. The lowest BCUT2D eigenvalue weighted by Crippen LogP contribution is -2.54. The van der Waals surface area contributed by atoms with Crippen molar-refractivity contribution in [3.63, 3.8) is 0 Å². The molecule has 1 fully saturated rings. The number of carboxylic acid groups (broad SMARTS) is 1. The number of imidazole rings is 1. The first-order chi connectivity index (χ1) is 15.4. The number of benzene rings is 1. The summed E-state index contributed by atoms with van der Waals surface area (Å²) in [5, 5.41) is 13.2. The van der Waals surface area contributed by atoms with Gasteiger partial charge in [0.2, 0.25) is 11.8 Å². The zero-order valence-electron chi connectivity index (χ0n) is 17.5. The van der Waals surface area contributed by atoms with Gasteiger partial charge >= 0.3 is 5.97 Å². The van der Waals surface area contributed by atoms with Gasteiger partial charge in [-0.25, -0.2) is 9.78 Å². The van der Waals surface area contributed by atoms with E-state index < -0.39 is 30.0 Å². The van der Waals surface area contributed by atoms with Crippen molar-refractivity contribution in [1.29, 1.82) is 0 Å². The van der Waals surface area contributed by atoms with E-state index in [1.54, 1.807) is 12.4 Å². The number of nitrogens with zero attached hydrogens (tertiary/aromatic N) is 2. The number of hydrogen-bond acceptors (Lipinski definition) is 5. The fourth-order valence-electron chi connectivity index (χ4n) is 4.23. The number of aliphatic carboxylic acids is 1. The van der Waals surface area contributed by atoms with E-state index in [9.17, 15) is 19.5 Å². The van der Waals surface area contributed by atoms with Crippen LogP contribution in [-0.2, 0) is 27.2 Å². The first kappa shape index (κ1) is 21.6. The number of hydrogen-bond donors (Lipinski definition) is 5. The van der Waals surface area contributed by atoms with Gasteiger partial charge in [0.05, 0.1) is 12.4 Å². The third-order valence-electron chi connectivity index (χ3n) is 5.86. The Morgan fingerprint density at radius 2 is 2.06 bits per heavy atom. The van der Waals surface area contributed by atoms with Crippen molar-refractivity contribution >= 4 is 28.7 Å². The van der Waals surface area contributed by atoms with Gasteiger partial charge in [0.25, 0.3) is 0 Å². The maximum absolute atomic E-state index is 13.0. The lowest BCUT2D eigenvalue weighted by molar-refractivity contribution is -0.144. The number of carboxylic acids is 1. The maximum Gasteiger partial charge on any atom is 0.326 e. The Morgan fingerprint density at radius 1 is 1.25 bits per heavy atom. The molecule has 10 heteroatoms. The molecule has 1 aliphatic heterocycles. The molecular weight excluding hydrogens is 412 g/mol. The molecule has 1 aromatic carbocycles. The molecule has 0 saturated carbocycles. The average Bonchev–Trinajstić information content (AvgIpc) is 3.54. The second kappa shape index (κ2) is 9.23. The third-order valence-corrected chi connectivity index (χ3v) is 5.86. The monoisotopic (exact) mass is 438 g/mol. The van der Waals surface area contributed by atoms with E-state index in [4.69, 9.17) is 5.73 Å². The number of nitrogens with two attached hydrogens (primary N) is 1. The molecule has 3 unspecified atom stereocenters. The lowest BCUT2D eigenvalue weighted by atomic mass is 10.0. The molecule has 0 bridgehead atoms. The molecule has 0 aliphatic carbocycles. The number of H-pyrrole nitrogens is 2. The van der Waals surface area contributed by atoms with Gasteiger partial charge in [-0.1, -0.05) is 18.2 Å². The lowest BCUT2D eigenvalue weighted by Gasteiger charge is -2.27. The summed E-state index contributed by atoms with van der Waals surface area (Å²) in [5.41, 5.74) is 8.51. The van der Waals surface area contributed by atoms with Crippen molar-refractivity contribution in [3.8, 4) is 0 Å². The van der Waals surface area contributed by atoms with E-state index in [1.165, 1.54) is 11.2 Å². The topological polar surface area (TPSA) is 157 Å². The molecule has 3 atom stereocenters. The Hall–Kier alpha value is -3.66. The summed E-state index contributed by atoms with van der Waals surface area (Å²) in [6, 6.07) is 4.91. The highest BCUT2D eigenvalue weighted by Crippen LogP contribution is 2.21. The molecule has 3 heterocycles. The van der Waals surface area contributed by atoms with Crippen LogP contribution in [0, 0.1) is 0 Å². The number of carbonyl (C=O) groups is 3. The van der Waals surface area contributed by atoms with Crippen molar-refractivity contribution < 1.29 is 19.5 Å². The normalized spacial score (nSPS) is 17.9. The van der Waals surface area contributed by atoms with Crippen LogP contribution >= 0.6 is 0 Å². The molecule has 2 amide bonds. The molecule has 0 radical (unpaired) electrons. The van der Waals surface area contributed by atoms with Gasteiger partial charge in [-0.05, 0) is 24.5 Å². The molecular formula is C22H26N6O4. The third kappa shape index (κ3) is 4.50. The van der Waals surface area contributed by atoms with E-state index in [0.717, 1.165) is 22.2 Å². The largest absolute Gasteiger partial charge is 0.480 e. The summed E-state index contributed by atoms with van der Waals surface area (Å²) in [4.78, 5) is 49.1.